The van der Waals surface area contributed by atoms with E-state index in [9.17, 15) is 9.18 Å². The van der Waals surface area contributed by atoms with E-state index in [0.29, 0.717) is 16.9 Å². The van der Waals surface area contributed by atoms with Crippen molar-refractivity contribution in [2.45, 2.75) is 6.92 Å². The van der Waals surface area contributed by atoms with E-state index in [1.54, 1.807) is 6.07 Å². The van der Waals surface area contributed by atoms with Crippen molar-refractivity contribution < 1.29 is 9.18 Å². The second-order valence-corrected chi connectivity index (χ2v) is 6.04. The molecule has 0 bridgehead atoms. The van der Waals surface area contributed by atoms with Crippen molar-refractivity contribution in [2.24, 2.45) is 0 Å². The lowest BCUT2D eigenvalue weighted by atomic mass is 10.1. The van der Waals surface area contributed by atoms with Crippen LogP contribution in [0.25, 0.3) is 0 Å². The van der Waals surface area contributed by atoms with Gasteiger partial charge in [0.15, 0.2) is 0 Å². The van der Waals surface area contributed by atoms with Crippen LogP contribution in [0.2, 0.25) is 0 Å². The first-order valence-corrected chi connectivity index (χ1v) is 7.29. The molecule has 2 aromatic carbocycles. The van der Waals surface area contributed by atoms with Crippen LogP contribution < -0.4 is 11.1 Å². The number of nitrogens with one attached hydrogen (secondary N) is 1. The van der Waals surface area contributed by atoms with Crippen LogP contribution in [0.15, 0.2) is 39.3 Å². The van der Waals surface area contributed by atoms with Gasteiger partial charge < -0.3 is 11.1 Å². The van der Waals surface area contributed by atoms with Crippen LogP contribution in [-0.4, -0.2) is 5.91 Å². The van der Waals surface area contributed by atoms with Gasteiger partial charge in [0.2, 0.25) is 0 Å². The fraction of sp³-hybridized carbons (Fsp3) is 0.0714. The molecule has 0 heterocycles. The fourth-order valence-corrected chi connectivity index (χ4v) is 2.73. The summed E-state index contributed by atoms with van der Waals surface area (Å²) in [6, 6.07) is 7.64. The van der Waals surface area contributed by atoms with Crippen molar-refractivity contribution in [2.75, 3.05) is 11.1 Å². The molecule has 3 N–H and O–H groups in total. The van der Waals surface area contributed by atoms with Gasteiger partial charge >= 0.3 is 0 Å². The van der Waals surface area contributed by atoms with Crippen molar-refractivity contribution in [3.63, 3.8) is 0 Å². The number of nitrogens with two attached hydrogens (primary N) is 1. The molecule has 1 amide bonds. The summed E-state index contributed by atoms with van der Waals surface area (Å²) in [4.78, 5) is 12.1. The van der Waals surface area contributed by atoms with Gasteiger partial charge in [-0.05, 0) is 58.7 Å². The molecule has 2 aromatic rings. The highest BCUT2D eigenvalue weighted by molar-refractivity contribution is 9.10. The Hall–Kier alpha value is -1.40. The van der Waals surface area contributed by atoms with E-state index in [1.807, 2.05) is 13.0 Å². The van der Waals surface area contributed by atoms with Crippen molar-refractivity contribution in [3.05, 3.63) is 56.2 Å². The van der Waals surface area contributed by atoms with Gasteiger partial charge in [0.1, 0.15) is 5.82 Å². The molecule has 3 nitrogen and oxygen atoms in total. The lowest BCUT2D eigenvalue weighted by Crippen LogP contribution is -2.14. The Bertz CT molecular complexity index is 666. The normalized spacial score (nSPS) is 10.4. The number of carbonyl (C=O) groups is 1. The highest BCUT2D eigenvalue weighted by Gasteiger charge is 2.12. The number of rotatable bonds is 2. The van der Waals surface area contributed by atoms with E-state index in [0.717, 1.165) is 10.0 Å². The standard InChI is InChI=1S/C14H11Br2FN2O/c1-7-4-9(15)6-12(18)13(7)19-14(20)8-2-3-11(17)10(16)5-8/h2-6H,18H2,1H3,(H,19,20). The summed E-state index contributed by atoms with van der Waals surface area (Å²) in [7, 11) is 0. The van der Waals surface area contributed by atoms with Crippen LogP contribution in [0, 0.1) is 12.7 Å². The zero-order valence-electron chi connectivity index (χ0n) is 10.5. The summed E-state index contributed by atoms with van der Waals surface area (Å²) in [5.41, 5.74) is 8.09. The number of hydrogen-bond acceptors (Lipinski definition) is 2. The van der Waals surface area contributed by atoms with E-state index < -0.39 is 5.82 Å². The van der Waals surface area contributed by atoms with Crippen molar-refractivity contribution >= 4 is 49.1 Å². The van der Waals surface area contributed by atoms with Crippen LogP contribution in [0.3, 0.4) is 0 Å². The third-order valence-electron chi connectivity index (χ3n) is 2.75. The number of benzene rings is 2. The maximum Gasteiger partial charge on any atom is 0.255 e. The molecule has 2 rings (SSSR count). The van der Waals surface area contributed by atoms with E-state index in [1.165, 1.54) is 18.2 Å². The van der Waals surface area contributed by atoms with Crippen LogP contribution in [0.4, 0.5) is 15.8 Å². The maximum absolute atomic E-state index is 13.2. The number of aryl methyl sites for hydroxylation is 1. The first-order chi connectivity index (χ1) is 9.38. The number of nitrogen functional groups attached to an aromatic ring is 1. The van der Waals surface area contributed by atoms with E-state index >= 15 is 0 Å². The van der Waals surface area contributed by atoms with E-state index in [4.69, 9.17) is 5.73 Å². The van der Waals surface area contributed by atoms with Crippen LogP contribution in [-0.2, 0) is 0 Å². The fourth-order valence-electron chi connectivity index (χ4n) is 1.76. The minimum atomic E-state index is -0.416. The molecule has 0 radical (unpaired) electrons. The molecular weight excluding hydrogens is 391 g/mol. The van der Waals surface area contributed by atoms with Gasteiger partial charge in [-0.25, -0.2) is 4.39 Å². The number of hydrogen-bond donors (Lipinski definition) is 2. The van der Waals surface area contributed by atoms with Crippen LogP contribution >= 0.6 is 31.9 Å². The predicted octanol–water partition coefficient (Wildman–Crippen LogP) is 4.49. The zero-order chi connectivity index (χ0) is 14.9. The monoisotopic (exact) mass is 400 g/mol. The predicted molar refractivity (Wildman–Crippen MR) is 85.3 cm³/mol. The lowest BCUT2D eigenvalue weighted by molar-refractivity contribution is 0.102. The molecule has 0 fully saturated rings. The maximum atomic E-state index is 13.2. The Morgan fingerprint density at radius 2 is 1.95 bits per heavy atom. The van der Waals surface area contributed by atoms with Crippen molar-refractivity contribution in [1.29, 1.82) is 0 Å². The van der Waals surface area contributed by atoms with Gasteiger partial charge in [0, 0.05) is 10.0 Å². The average molecular weight is 402 g/mol. The van der Waals surface area contributed by atoms with Gasteiger partial charge in [-0.3, -0.25) is 4.79 Å². The highest BCUT2D eigenvalue weighted by atomic mass is 79.9. The first-order valence-electron chi connectivity index (χ1n) is 5.70. The molecule has 0 saturated heterocycles. The molecule has 6 heteroatoms. The van der Waals surface area contributed by atoms with Gasteiger partial charge in [-0.15, -0.1) is 0 Å². The lowest BCUT2D eigenvalue weighted by Gasteiger charge is -2.12. The molecule has 0 aliphatic rings. The van der Waals surface area contributed by atoms with Crippen LogP contribution in [0.5, 0.6) is 0 Å². The Morgan fingerprint density at radius 1 is 1.25 bits per heavy atom. The summed E-state index contributed by atoms with van der Waals surface area (Å²) < 4.78 is 14.2. The Labute approximate surface area is 132 Å². The third kappa shape index (κ3) is 3.19. The average Bonchev–Trinajstić information content (AvgIpc) is 2.36. The smallest absolute Gasteiger partial charge is 0.255 e. The molecule has 0 atom stereocenters. The minimum absolute atomic E-state index is 0.241. The summed E-state index contributed by atoms with van der Waals surface area (Å²) in [6.45, 7) is 1.84. The van der Waals surface area contributed by atoms with Crippen molar-refractivity contribution in [3.8, 4) is 0 Å². The molecule has 0 aromatic heterocycles. The molecule has 0 saturated carbocycles. The number of halogens is 3. The summed E-state index contributed by atoms with van der Waals surface area (Å²) in [5, 5.41) is 2.74. The molecule has 0 aliphatic heterocycles. The van der Waals surface area contributed by atoms with E-state index in [2.05, 4.69) is 37.2 Å². The van der Waals surface area contributed by atoms with Crippen LogP contribution in [0.1, 0.15) is 15.9 Å². The second-order valence-electron chi connectivity index (χ2n) is 4.27. The minimum Gasteiger partial charge on any atom is -0.397 e. The number of anilines is 2. The van der Waals surface area contributed by atoms with Gasteiger partial charge in [-0.1, -0.05) is 15.9 Å². The SMILES string of the molecule is Cc1cc(Br)cc(N)c1NC(=O)c1ccc(F)c(Br)c1. The Morgan fingerprint density at radius 3 is 2.55 bits per heavy atom. The largest absolute Gasteiger partial charge is 0.397 e. The van der Waals surface area contributed by atoms with E-state index in [-0.39, 0.29) is 10.4 Å². The molecule has 0 unspecified atom stereocenters. The highest BCUT2D eigenvalue weighted by Crippen LogP contribution is 2.28. The van der Waals surface area contributed by atoms with Gasteiger partial charge in [-0.2, -0.15) is 0 Å². The third-order valence-corrected chi connectivity index (χ3v) is 3.82. The number of carbonyl (C=O) groups excluding carboxylic acids is 1. The molecule has 20 heavy (non-hydrogen) atoms. The van der Waals surface area contributed by atoms with Gasteiger partial charge in [0.05, 0.1) is 15.8 Å². The molecule has 0 aliphatic carbocycles. The first kappa shape index (κ1) is 15.0. The summed E-state index contributed by atoms with van der Waals surface area (Å²) >= 11 is 6.39. The number of amides is 1. The topological polar surface area (TPSA) is 55.1 Å². The van der Waals surface area contributed by atoms with Crippen molar-refractivity contribution in [1.82, 2.24) is 0 Å². The molecular formula is C14H11Br2FN2O. The second kappa shape index (κ2) is 5.93. The Balaban J connectivity index is 2.30. The molecule has 104 valence electrons. The molecule has 0 spiro atoms. The summed E-state index contributed by atoms with van der Waals surface area (Å²) in [5.74, 6) is -0.760. The van der Waals surface area contributed by atoms with Gasteiger partial charge in [0.25, 0.3) is 5.91 Å². The Kier molecular flexibility index (Phi) is 4.45. The zero-order valence-corrected chi connectivity index (χ0v) is 13.7. The quantitative estimate of drug-likeness (QED) is 0.728. The summed E-state index contributed by atoms with van der Waals surface area (Å²) in [6.07, 6.45) is 0.